The number of hydrogen-bond acceptors (Lipinski definition) is 3. The summed E-state index contributed by atoms with van der Waals surface area (Å²) in [4.78, 5) is 11.6. The highest BCUT2D eigenvalue weighted by Gasteiger charge is 2.09. The highest BCUT2D eigenvalue weighted by atomic mass is 19.1. The zero-order chi connectivity index (χ0) is 14.3. The average Bonchev–Trinajstić information content (AvgIpc) is 2.40. The van der Waals surface area contributed by atoms with Gasteiger partial charge in [0.1, 0.15) is 5.82 Å². The molecule has 0 saturated heterocycles. The van der Waals surface area contributed by atoms with Gasteiger partial charge in [-0.3, -0.25) is 4.79 Å². The Morgan fingerprint density at radius 3 is 2.84 bits per heavy atom. The van der Waals surface area contributed by atoms with Gasteiger partial charge in [0.15, 0.2) is 5.84 Å². The summed E-state index contributed by atoms with van der Waals surface area (Å²) in [7, 11) is 0. The molecule has 0 aliphatic rings. The Bertz CT molecular complexity index is 475. The second kappa shape index (κ2) is 7.35. The number of amidine groups is 1. The first-order chi connectivity index (χ1) is 9.08. The molecule has 0 aliphatic heterocycles. The van der Waals surface area contributed by atoms with Crippen LogP contribution in [0.4, 0.5) is 10.1 Å². The van der Waals surface area contributed by atoms with Crippen LogP contribution in [0.25, 0.3) is 0 Å². The third-order valence-electron chi connectivity index (χ3n) is 2.64. The molecular formula is C13H18FN3O2. The Labute approximate surface area is 111 Å². The SMILES string of the molecule is CCCCCC(=O)Nc1ccc(F)c(C(N)=NO)c1. The molecule has 1 amide bonds. The first-order valence-electron chi connectivity index (χ1n) is 6.15. The summed E-state index contributed by atoms with van der Waals surface area (Å²) in [6.45, 7) is 2.06. The number of unbranched alkanes of at least 4 members (excludes halogenated alkanes) is 2. The minimum Gasteiger partial charge on any atom is -0.409 e. The van der Waals surface area contributed by atoms with Crippen molar-refractivity contribution < 1.29 is 14.4 Å². The number of nitrogens with one attached hydrogen (secondary N) is 1. The van der Waals surface area contributed by atoms with E-state index in [1.54, 1.807) is 0 Å². The fraction of sp³-hybridized carbons (Fsp3) is 0.385. The van der Waals surface area contributed by atoms with E-state index in [-0.39, 0.29) is 17.3 Å². The van der Waals surface area contributed by atoms with E-state index < -0.39 is 5.82 Å². The van der Waals surface area contributed by atoms with Crippen molar-refractivity contribution in [3.63, 3.8) is 0 Å². The highest BCUT2D eigenvalue weighted by molar-refractivity contribution is 5.99. The van der Waals surface area contributed by atoms with Gasteiger partial charge in [0, 0.05) is 12.1 Å². The van der Waals surface area contributed by atoms with Crippen molar-refractivity contribution in [3.05, 3.63) is 29.6 Å². The Hall–Kier alpha value is -2.11. The zero-order valence-corrected chi connectivity index (χ0v) is 10.8. The molecule has 0 atom stereocenters. The van der Waals surface area contributed by atoms with Crippen LogP contribution in [-0.4, -0.2) is 17.0 Å². The first kappa shape index (κ1) is 14.9. The van der Waals surface area contributed by atoms with Gasteiger partial charge in [-0.2, -0.15) is 0 Å². The predicted octanol–water partition coefficient (Wildman–Crippen LogP) is 2.44. The molecule has 1 rings (SSSR count). The lowest BCUT2D eigenvalue weighted by Gasteiger charge is -2.07. The number of amides is 1. The summed E-state index contributed by atoms with van der Waals surface area (Å²) in [6, 6.07) is 3.93. The molecule has 0 aromatic heterocycles. The third kappa shape index (κ3) is 4.57. The number of oxime groups is 1. The van der Waals surface area contributed by atoms with Crippen molar-refractivity contribution in [2.75, 3.05) is 5.32 Å². The second-order valence-electron chi connectivity index (χ2n) is 4.19. The van der Waals surface area contributed by atoms with Gasteiger partial charge in [-0.15, -0.1) is 0 Å². The maximum absolute atomic E-state index is 13.4. The first-order valence-corrected chi connectivity index (χ1v) is 6.15. The molecule has 4 N–H and O–H groups in total. The molecule has 0 saturated carbocycles. The lowest BCUT2D eigenvalue weighted by Crippen LogP contribution is -2.17. The number of hydrogen-bond donors (Lipinski definition) is 3. The van der Waals surface area contributed by atoms with Gasteiger partial charge < -0.3 is 16.3 Å². The fourth-order valence-corrected chi connectivity index (χ4v) is 1.61. The molecule has 5 nitrogen and oxygen atoms in total. The molecule has 19 heavy (non-hydrogen) atoms. The van der Waals surface area contributed by atoms with Crippen LogP contribution in [0.3, 0.4) is 0 Å². The number of halogens is 1. The van der Waals surface area contributed by atoms with Crippen molar-refractivity contribution in [3.8, 4) is 0 Å². The second-order valence-corrected chi connectivity index (χ2v) is 4.19. The van der Waals surface area contributed by atoms with Crippen molar-refractivity contribution in [2.24, 2.45) is 10.9 Å². The van der Waals surface area contributed by atoms with Crippen LogP contribution in [0.5, 0.6) is 0 Å². The van der Waals surface area contributed by atoms with Crippen molar-refractivity contribution in [1.29, 1.82) is 0 Å². The molecule has 1 aromatic carbocycles. The van der Waals surface area contributed by atoms with E-state index in [1.807, 2.05) is 0 Å². The number of anilines is 1. The van der Waals surface area contributed by atoms with Crippen LogP contribution in [0, 0.1) is 5.82 Å². The number of rotatable bonds is 6. The molecule has 0 fully saturated rings. The Morgan fingerprint density at radius 1 is 1.47 bits per heavy atom. The molecule has 0 unspecified atom stereocenters. The van der Waals surface area contributed by atoms with E-state index in [1.165, 1.54) is 12.1 Å². The number of nitrogens with zero attached hydrogens (tertiary/aromatic N) is 1. The van der Waals surface area contributed by atoms with Gasteiger partial charge in [-0.25, -0.2) is 4.39 Å². The molecule has 0 heterocycles. The van der Waals surface area contributed by atoms with Crippen LogP contribution in [0.1, 0.15) is 38.2 Å². The smallest absolute Gasteiger partial charge is 0.224 e. The number of carbonyl (C=O) groups excluding carboxylic acids is 1. The largest absolute Gasteiger partial charge is 0.409 e. The van der Waals surface area contributed by atoms with Crippen molar-refractivity contribution in [1.82, 2.24) is 0 Å². The maximum Gasteiger partial charge on any atom is 0.224 e. The number of benzene rings is 1. The summed E-state index contributed by atoms with van der Waals surface area (Å²) in [5, 5.41) is 13.9. The molecule has 0 aliphatic carbocycles. The monoisotopic (exact) mass is 267 g/mol. The highest BCUT2D eigenvalue weighted by Crippen LogP contribution is 2.15. The van der Waals surface area contributed by atoms with Gasteiger partial charge in [0.05, 0.1) is 5.56 Å². The topological polar surface area (TPSA) is 87.7 Å². The van der Waals surface area contributed by atoms with Crippen LogP contribution < -0.4 is 11.1 Å². The van der Waals surface area contributed by atoms with Gasteiger partial charge in [0.25, 0.3) is 0 Å². The standard InChI is InChI=1S/C13H18FN3O2/c1-2-3-4-5-12(18)16-9-6-7-11(14)10(8-9)13(15)17-19/h6-8,19H,2-5H2,1H3,(H2,15,17)(H,16,18). The molecule has 104 valence electrons. The van der Waals surface area contributed by atoms with E-state index in [2.05, 4.69) is 17.4 Å². The fourth-order valence-electron chi connectivity index (χ4n) is 1.61. The lowest BCUT2D eigenvalue weighted by atomic mass is 10.1. The van der Waals surface area contributed by atoms with Gasteiger partial charge >= 0.3 is 0 Å². The predicted molar refractivity (Wildman–Crippen MR) is 71.7 cm³/mol. The van der Waals surface area contributed by atoms with Gasteiger partial charge in [-0.05, 0) is 24.6 Å². The zero-order valence-electron chi connectivity index (χ0n) is 10.8. The van der Waals surface area contributed by atoms with E-state index in [0.29, 0.717) is 12.1 Å². The summed E-state index contributed by atoms with van der Waals surface area (Å²) in [5.74, 6) is -1.08. The third-order valence-corrected chi connectivity index (χ3v) is 2.64. The molecular weight excluding hydrogens is 249 g/mol. The molecule has 0 spiro atoms. The van der Waals surface area contributed by atoms with E-state index in [0.717, 1.165) is 25.3 Å². The molecule has 1 aromatic rings. The van der Waals surface area contributed by atoms with Crippen LogP contribution >= 0.6 is 0 Å². The van der Waals surface area contributed by atoms with Crippen LogP contribution in [0.2, 0.25) is 0 Å². The minimum absolute atomic E-state index is 0.0474. The summed E-state index contributed by atoms with van der Waals surface area (Å²) >= 11 is 0. The summed E-state index contributed by atoms with van der Waals surface area (Å²) < 4.78 is 13.4. The van der Waals surface area contributed by atoms with Crippen LogP contribution in [0.15, 0.2) is 23.4 Å². The Balaban J connectivity index is 2.72. The number of carbonyl (C=O) groups is 1. The van der Waals surface area contributed by atoms with Crippen molar-refractivity contribution in [2.45, 2.75) is 32.6 Å². The maximum atomic E-state index is 13.4. The molecule has 6 heteroatoms. The normalized spacial score (nSPS) is 11.4. The van der Waals surface area contributed by atoms with Crippen molar-refractivity contribution >= 4 is 17.4 Å². The van der Waals surface area contributed by atoms with Crippen LogP contribution in [-0.2, 0) is 4.79 Å². The molecule has 0 bridgehead atoms. The molecule has 0 radical (unpaired) electrons. The van der Waals surface area contributed by atoms with Gasteiger partial charge in [0.2, 0.25) is 5.91 Å². The Morgan fingerprint density at radius 2 is 2.21 bits per heavy atom. The summed E-state index contributed by atoms with van der Waals surface area (Å²) in [5.41, 5.74) is 5.71. The van der Waals surface area contributed by atoms with E-state index in [4.69, 9.17) is 10.9 Å². The average molecular weight is 267 g/mol. The Kier molecular flexibility index (Phi) is 5.78. The minimum atomic E-state index is -0.612. The van der Waals surface area contributed by atoms with E-state index >= 15 is 0 Å². The van der Waals surface area contributed by atoms with Gasteiger partial charge in [-0.1, -0.05) is 24.9 Å². The summed E-state index contributed by atoms with van der Waals surface area (Å²) in [6.07, 6.45) is 3.27. The quantitative estimate of drug-likeness (QED) is 0.243. The van der Waals surface area contributed by atoms with E-state index in [9.17, 15) is 9.18 Å². The number of nitrogens with two attached hydrogens (primary N) is 1. The lowest BCUT2D eigenvalue weighted by molar-refractivity contribution is -0.116.